The highest BCUT2D eigenvalue weighted by Gasteiger charge is 2.40. The first-order valence-electron chi connectivity index (χ1n) is 6.02. The summed E-state index contributed by atoms with van der Waals surface area (Å²) in [7, 11) is 0. The van der Waals surface area contributed by atoms with Gasteiger partial charge in [0, 0.05) is 12.6 Å². The third kappa shape index (κ3) is 2.94. The van der Waals surface area contributed by atoms with Crippen LogP contribution in [-0.2, 0) is 4.79 Å². The van der Waals surface area contributed by atoms with Crippen molar-refractivity contribution in [2.45, 2.75) is 52.5 Å². The Bertz CT molecular complexity index is 285. The molecule has 0 radical (unpaired) electrons. The molecule has 0 atom stereocenters. The third-order valence-corrected chi connectivity index (χ3v) is 3.66. The number of amides is 1. The Hall–Kier alpha value is -0.640. The molecular weight excluding hydrogens is 220 g/mol. The van der Waals surface area contributed by atoms with Crippen LogP contribution in [0.2, 0.25) is 0 Å². The first-order chi connectivity index (χ1) is 7.41. The topological polar surface area (TPSA) is 46.3 Å². The smallest absolute Gasteiger partial charge is 0.235 e. The largest absolute Gasteiger partial charge is 0.392 e. The number of thiocarbonyl (C=S) groups is 1. The van der Waals surface area contributed by atoms with E-state index in [1.165, 1.54) is 0 Å². The van der Waals surface area contributed by atoms with Gasteiger partial charge in [-0.05, 0) is 33.1 Å². The molecule has 1 aliphatic rings. The summed E-state index contributed by atoms with van der Waals surface area (Å²) in [6.45, 7) is 6.61. The molecule has 2 N–H and O–H groups in total. The second-order valence-electron chi connectivity index (χ2n) is 5.07. The molecule has 1 aliphatic carbocycles. The summed E-state index contributed by atoms with van der Waals surface area (Å²) in [6, 6.07) is 0.438. The lowest BCUT2D eigenvalue weighted by molar-refractivity contribution is -0.137. The molecule has 0 bridgehead atoms. The average Bonchev–Trinajstić information content (AvgIpc) is 3.01. The lowest BCUT2D eigenvalue weighted by Crippen LogP contribution is -2.48. The van der Waals surface area contributed by atoms with Crippen LogP contribution in [0.1, 0.15) is 46.5 Å². The Kier molecular flexibility index (Phi) is 4.30. The maximum Gasteiger partial charge on any atom is 0.235 e. The number of nitrogens with two attached hydrogens (primary N) is 1. The first-order valence-corrected chi connectivity index (χ1v) is 6.43. The number of carbonyl (C=O) groups is 1. The van der Waals surface area contributed by atoms with Crippen LogP contribution < -0.4 is 5.73 Å². The lowest BCUT2D eigenvalue weighted by Gasteiger charge is -2.31. The summed E-state index contributed by atoms with van der Waals surface area (Å²) < 4.78 is 0. The van der Waals surface area contributed by atoms with Gasteiger partial charge in [0.05, 0.1) is 10.4 Å². The fourth-order valence-electron chi connectivity index (χ4n) is 1.63. The van der Waals surface area contributed by atoms with Gasteiger partial charge in [0.15, 0.2) is 0 Å². The zero-order chi connectivity index (χ0) is 12.3. The summed E-state index contributed by atoms with van der Waals surface area (Å²) in [4.78, 5) is 14.6. The van der Waals surface area contributed by atoms with E-state index in [1.54, 1.807) is 0 Å². The molecule has 3 nitrogen and oxygen atoms in total. The molecular formula is C12H22N2OS. The fraction of sp³-hybridized carbons (Fsp3) is 0.833. The number of hydrogen-bond donors (Lipinski definition) is 1. The molecule has 1 rings (SSSR count). The molecule has 1 fully saturated rings. The van der Waals surface area contributed by atoms with Gasteiger partial charge in [0.2, 0.25) is 5.91 Å². The van der Waals surface area contributed by atoms with Crippen molar-refractivity contribution in [1.29, 1.82) is 0 Å². The molecule has 0 unspecified atom stereocenters. The van der Waals surface area contributed by atoms with Crippen molar-refractivity contribution < 1.29 is 4.79 Å². The Morgan fingerprint density at radius 2 is 2.06 bits per heavy atom. The predicted octanol–water partition coefficient (Wildman–Crippen LogP) is 2.09. The number of carbonyl (C=O) groups excluding carboxylic acids is 1. The van der Waals surface area contributed by atoms with Crippen LogP contribution in [0.15, 0.2) is 0 Å². The fourth-order valence-corrected chi connectivity index (χ4v) is 1.72. The van der Waals surface area contributed by atoms with Crippen LogP contribution in [0, 0.1) is 5.41 Å². The summed E-state index contributed by atoms with van der Waals surface area (Å²) in [5.74, 6) is 0.0935. The highest BCUT2D eigenvalue weighted by atomic mass is 32.1. The van der Waals surface area contributed by atoms with Gasteiger partial charge in [-0.1, -0.05) is 25.6 Å². The molecule has 0 spiro atoms. The lowest BCUT2D eigenvalue weighted by atomic mass is 9.91. The van der Waals surface area contributed by atoms with Crippen LogP contribution in [0.4, 0.5) is 0 Å². The maximum atomic E-state index is 12.4. The molecule has 16 heavy (non-hydrogen) atoms. The van der Waals surface area contributed by atoms with Gasteiger partial charge in [-0.15, -0.1) is 0 Å². The summed E-state index contributed by atoms with van der Waals surface area (Å²) in [5, 5.41) is 0. The molecule has 0 aliphatic heterocycles. The second-order valence-corrected chi connectivity index (χ2v) is 5.51. The monoisotopic (exact) mass is 242 g/mol. The quantitative estimate of drug-likeness (QED) is 0.725. The molecule has 92 valence electrons. The van der Waals surface area contributed by atoms with Crippen molar-refractivity contribution in [1.82, 2.24) is 4.90 Å². The summed E-state index contributed by atoms with van der Waals surface area (Å²) >= 11 is 4.98. The zero-order valence-corrected chi connectivity index (χ0v) is 11.3. The molecule has 0 aromatic heterocycles. The molecule has 1 amide bonds. The highest BCUT2D eigenvalue weighted by Crippen LogP contribution is 2.31. The van der Waals surface area contributed by atoms with Gasteiger partial charge < -0.3 is 10.6 Å². The van der Waals surface area contributed by atoms with Crippen molar-refractivity contribution in [3.8, 4) is 0 Å². The van der Waals surface area contributed by atoms with E-state index in [4.69, 9.17) is 18.0 Å². The van der Waals surface area contributed by atoms with E-state index >= 15 is 0 Å². The SMILES string of the molecule is CCCCN(C(=O)C(C)(C)C(N)=S)C1CC1. The Labute approximate surface area is 103 Å². The molecule has 0 aromatic carbocycles. The number of nitrogens with zero attached hydrogens (tertiary/aromatic N) is 1. The molecule has 4 heteroatoms. The minimum absolute atomic E-state index is 0.0935. The Morgan fingerprint density at radius 3 is 2.44 bits per heavy atom. The highest BCUT2D eigenvalue weighted by molar-refractivity contribution is 7.80. The van der Waals surface area contributed by atoms with Crippen LogP contribution >= 0.6 is 12.2 Å². The zero-order valence-electron chi connectivity index (χ0n) is 10.5. The van der Waals surface area contributed by atoms with Crippen molar-refractivity contribution in [3.63, 3.8) is 0 Å². The van der Waals surface area contributed by atoms with Gasteiger partial charge >= 0.3 is 0 Å². The first kappa shape index (κ1) is 13.4. The summed E-state index contributed by atoms with van der Waals surface area (Å²) in [6.07, 6.45) is 4.41. The van der Waals surface area contributed by atoms with Crippen LogP contribution in [0.3, 0.4) is 0 Å². The molecule has 1 saturated carbocycles. The molecule has 0 saturated heterocycles. The van der Waals surface area contributed by atoms with Crippen molar-refractivity contribution in [3.05, 3.63) is 0 Å². The standard InChI is InChI=1S/C12H22N2OS/c1-4-5-8-14(9-6-7-9)11(15)12(2,3)10(13)16/h9H,4-8H2,1-3H3,(H2,13,16). The van der Waals surface area contributed by atoms with Gasteiger partial charge in [-0.2, -0.15) is 0 Å². The van der Waals surface area contributed by atoms with E-state index in [1.807, 2.05) is 18.7 Å². The summed E-state index contributed by atoms with van der Waals surface area (Å²) in [5.41, 5.74) is 4.94. The number of rotatable bonds is 6. The molecule has 0 aromatic rings. The average molecular weight is 242 g/mol. The van der Waals surface area contributed by atoms with Gasteiger partial charge in [0.1, 0.15) is 0 Å². The van der Waals surface area contributed by atoms with Gasteiger partial charge in [-0.3, -0.25) is 4.79 Å². The van der Waals surface area contributed by atoms with E-state index < -0.39 is 5.41 Å². The third-order valence-electron chi connectivity index (χ3n) is 3.15. The number of unbranched alkanes of at least 4 members (excludes halogenated alkanes) is 1. The van der Waals surface area contributed by atoms with Crippen LogP contribution in [0.25, 0.3) is 0 Å². The van der Waals surface area contributed by atoms with Crippen molar-refractivity contribution >= 4 is 23.1 Å². The van der Waals surface area contributed by atoms with Crippen molar-refractivity contribution in [2.75, 3.05) is 6.54 Å². The maximum absolute atomic E-state index is 12.4. The Morgan fingerprint density at radius 1 is 1.50 bits per heavy atom. The van der Waals surface area contributed by atoms with E-state index in [0.717, 1.165) is 32.2 Å². The molecule has 0 heterocycles. The Balaban J connectivity index is 2.70. The minimum atomic E-state index is -0.703. The van der Waals surface area contributed by atoms with Gasteiger partial charge in [0.25, 0.3) is 0 Å². The number of hydrogen-bond acceptors (Lipinski definition) is 2. The van der Waals surface area contributed by atoms with E-state index in [-0.39, 0.29) is 5.91 Å². The minimum Gasteiger partial charge on any atom is -0.392 e. The van der Waals surface area contributed by atoms with Crippen LogP contribution in [-0.4, -0.2) is 28.4 Å². The van der Waals surface area contributed by atoms with E-state index in [9.17, 15) is 4.79 Å². The second kappa shape index (κ2) is 5.13. The predicted molar refractivity (Wildman–Crippen MR) is 70.2 cm³/mol. The van der Waals surface area contributed by atoms with Crippen LogP contribution in [0.5, 0.6) is 0 Å². The van der Waals surface area contributed by atoms with Gasteiger partial charge in [-0.25, -0.2) is 0 Å². The van der Waals surface area contributed by atoms with Crippen molar-refractivity contribution in [2.24, 2.45) is 11.1 Å². The van der Waals surface area contributed by atoms with E-state index in [0.29, 0.717) is 11.0 Å². The normalized spacial score (nSPS) is 15.9. The van der Waals surface area contributed by atoms with E-state index in [2.05, 4.69) is 6.92 Å².